The molecule has 2 heteroatoms. The van der Waals surface area contributed by atoms with Gasteiger partial charge in [0.25, 0.3) is 0 Å². The van der Waals surface area contributed by atoms with Gasteiger partial charge in [0.05, 0.1) is 0 Å². The van der Waals surface area contributed by atoms with Crippen molar-refractivity contribution in [3.05, 3.63) is 0 Å². The number of carbonyl (C=O) groups excluding carboxylic acids is 1. The van der Waals surface area contributed by atoms with Gasteiger partial charge in [0, 0.05) is 4.79 Å². The highest BCUT2D eigenvalue weighted by atomic mass is 16.4. The van der Waals surface area contributed by atoms with E-state index in [-0.39, 0.29) is 13.3 Å². The molecule has 2 N–H and O–H groups in total. The summed E-state index contributed by atoms with van der Waals surface area (Å²) in [5, 5.41) is 6.54. The maximum atomic E-state index is 10.0. The van der Waals surface area contributed by atoms with Crippen LogP contribution in [-0.2, 0) is 4.79 Å². The molecule has 0 amide bonds. The minimum atomic E-state index is -0.456. The topological polar surface area (TPSA) is 40.0 Å². The largest absolute Gasteiger partial charge is 0.565 e. The molecule has 0 aromatic carbocycles. The summed E-state index contributed by atoms with van der Waals surface area (Å²) >= 11 is 0. The summed E-state index contributed by atoms with van der Waals surface area (Å²) in [6.45, 7) is 3.66. The third-order valence-corrected chi connectivity index (χ3v) is 1.06. The summed E-state index contributed by atoms with van der Waals surface area (Å²) in [6.07, 6.45) is 0.780. The van der Waals surface area contributed by atoms with Gasteiger partial charge in [-0.25, -0.2) is 0 Å². The Labute approximate surface area is 50.5 Å². The first-order chi connectivity index (χ1) is 3.18. The molecule has 0 fully saturated rings. The predicted molar refractivity (Wildman–Crippen MR) is 34.8 cm³/mol. The van der Waals surface area contributed by atoms with Gasteiger partial charge >= 0.3 is 5.97 Å². The lowest BCUT2D eigenvalue weighted by Crippen LogP contribution is -2.06. The fourth-order valence-corrected chi connectivity index (χ4v) is 0.185. The Bertz CT molecular complexity index is 68.9. The van der Waals surface area contributed by atoms with Gasteiger partial charge < -0.3 is 5.11 Å². The zero-order chi connectivity index (χ0) is 5.86. The van der Waals surface area contributed by atoms with Crippen molar-refractivity contribution in [1.29, 1.82) is 0 Å². The number of carbonyl (C=O) groups is 1. The van der Waals surface area contributed by atoms with Gasteiger partial charge in [-0.2, -0.15) is 0 Å². The average molecular weight is 119 g/mol. The molecule has 0 saturated heterocycles. The maximum Gasteiger partial charge on any atom is 0.518 e. The molecule has 0 bridgehead atoms. The highest BCUT2D eigenvalue weighted by molar-refractivity contribution is 5.69. The van der Waals surface area contributed by atoms with Crippen molar-refractivity contribution >= 4 is 5.97 Å². The van der Waals surface area contributed by atoms with Gasteiger partial charge in [-0.3, -0.25) is 0 Å². The molecule has 0 aliphatic rings. The molecule has 0 spiro atoms. The van der Waals surface area contributed by atoms with E-state index in [1.807, 2.05) is 6.92 Å². The molecule has 0 heterocycles. The first-order valence-electron chi connectivity index (χ1n) is 2.44. The lowest BCUT2D eigenvalue weighted by molar-refractivity contribution is -0.141. The first kappa shape index (κ1) is 10.5. The quantitative estimate of drug-likeness (QED) is 0.498. The summed E-state index contributed by atoms with van der Waals surface area (Å²) in [5.74, 6) is -0.525. The monoisotopic (exact) mass is 119 g/mol. The highest BCUT2D eigenvalue weighted by Crippen LogP contribution is 1.97. The SMILES string of the molecule is C.CCC(C)C(=O)[OH2+]. The van der Waals surface area contributed by atoms with E-state index in [9.17, 15) is 4.79 Å². The summed E-state index contributed by atoms with van der Waals surface area (Å²) < 4.78 is 0. The fraction of sp³-hybridized carbons (Fsp3) is 0.833. The average Bonchev–Trinajstić information content (AvgIpc) is 1.65. The lowest BCUT2D eigenvalue weighted by atomic mass is 10.1. The van der Waals surface area contributed by atoms with Crippen LogP contribution in [0.25, 0.3) is 0 Å². The summed E-state index contributed by atoms with van der Waals surface area (Å²) in [4.78, 5) is 10.0. The van der Waals surface area contributed by atoms with E-state index in [4.69, 9.17) is 5.11 Å². The van der Waals surface area contributed by atoms with Gasteiger partial charge in [-0.15, -0.1) is 0 Å². The Hall–Kier alpha value is -0.530. The summed E-state index contributed by atoms with van der Waals surface area (Å²) in [6, 6.07) is 0. The Morgan fingerprint density at radius 1 is 1.75 bits per heavy atom. The van der Waals surface area contributed by atoms with E-state index >= 15 is 0 Å². The molecule has 50 valence electrons. The minimum Gasteiger partial charge on any atom is -0.565 e. The molecule has 0 aromatic rings. The third kappa shape index (κ3) is 3.65. The van der Waals surface area contributed by atoms with Crippen molar-refractivity contribution in [1.82, 2.24) is 0 Å². The first-order valence-corrected chi connectivity index (χ1v) is 2.44. The molecule has 1 unspecified atom stereocenters. The maximum absolute atomic E-state index is 10.0. The van der Waals surface area contributed by atoms with Crippen molar-refractivity contribution < 1.29 is 9.90 Å². The van der Waals surface area contributed by atoms with E-state index in [2.05, 4.69) is 0 Å². The third-order valence-electron chi connectivity index (χ3n) is 1.06. The molecule has 0 radical (unpaired) electrons. The molecule has 1 atom stereocenters. The second-order valence-corrected chi connectivity index (χ2v) is 1.67. The van der Waals surface area contributed by atoms with E-state index in [1.165, 1.54) is 0 Å². The van der Waals surface area contributed by atoms with Crippen molar-refractivity contribution in [3.8, 4) is 0 Å². The summed E-state index contributed by atoms with van der Waals surface area (Å²) in [5.41, 5.74) is 0. The zero-order valence-electron chi connectivity index (χ0n) is 4.69. The Morgan fingerprint density at radius 3 is 2.12 bits per heavy atom. The van der Waals surface area contributed by atoms with E-state index in [1.54, 1.807) is 6.92 Å². The second kappa shape index (κ2) is 4.62. The van der Waals surface area contributed by atoms with Crippen LogP contribution in [0.3, 0.4) is 0 Å². The van der Waals surface area contributed by atoms with Crippen molar-refractivity contribution in [2.45, 2.75) is 27.7 Å². The Kier molecular flexibility index (Phi) is 6.04. The van der Waals surface area contributed by atoms with Crippen LogP contribution in [0.4, 0.5) is 0 Å². The molecule has 2 nitrogen and oxygen atoms in total. The van der Waals surface area contributed by atoms with Gasteiger partial charge in [0.2, 0.25) is 0 Å². The van der Waals surface area contributed by atoms with Crippen LogP contribution < -0.4 is 0 Å². The van der Waals surface area contributed by atoms with Crippen LogP contribution in [-0.4, -0.2) is 11.1 Å². The highest BCUT2D eigenvalue weighted by Gasteiger charge is 2.14. The molecular weight excluding hydrogens is 104 g/mol. The van der Waals surface area contributed by atoms with Gasteiger partial charge in [-0.05, 0) is 13.3 Å². The smallest absolute Gasteiger partial charge is 0.518 e. The van der Waals surface area contributed by atoms with Crippen LogP contribution in [0, 0.1) is 5.92 Å². The standard InChI is InChI=1S/C5H10O2.CH4/c1-3-4(2)5(6)7;/h4H,3H2,1-2H3,(H,6,7);1H4/p+1. The summed E-state index contributed by atoms with van der Waals surface area (Å²) in [7, 11) is 0. The van der Waals surface area contributed by atoms with Gasteiger partial charge in [0.1, 0.15) is 5.92 Å². The van der Waals surface area contributed by atoms with Crippen LogP contribution in [0.5, 0.6) is 0 Å². The van der Waals surface area contributed by atoms with Crippen LogP contribution in [0.2, 0.25) is 0 Å². The van der Waals surface area contributed by atoms with E-state index < -0.39 is 5.97 Å². The van der Waals surface area contributed by atoms with Gasteiger partial charge in [0.15, 0.2) is 0 Å². The zero-order valence-corrected chi connectivity index (χ0v) is 4.69. The number of hydrogen-bond acceptors (Lipinski definition) is 1. The van der Waals surface area contributed by atoms with Crippen LogP contribution in [0.1, 0.15) is 27.7 Å². The predicted octanol–water partition coefficient (Wildman–Crippen LogP) is 0.920. The van der Waals surface area contributed by atoms with Gasteiger partial charge in [-0.1, -0.05) is 14.4 Å². The number of hydrogen-bond donors (Lipinski definition) is 0. The second-order valence-electron chi connectivity index (χ2n) is 1.67. The molecule has 8 heavy (non-hydrogen) atoms. The fourth-order valence-electron chi connectivity index (χ4n) is 0.185. The van der Waals surface area contributed by atoms with Crippen molar-refractivity contribution in [2.75, 3.05) is 0 Å². The minimum absolute atomic E-state index is 0. The number of rotatable bonds is 2. The lowest BCUT2D eigenvalue weighted by Gasteiger charge is -1.90. The van der Waals surface area contributed by atoms with Crippen LogP contribution in [0.15, 0.2) is 0 Å². The van der Waals surface area contributed by atoms with Crippen LogP contribution >= 0.6 is 0 Å². The Balaban J connectivity index is 0. The van der Waals surface area contributed by atoms with Crippen molar-refractivity contribution in [2.24, 2.45) is 5.92 Å². The van der Waals surface area contributed by atoms with E-state index in [0.717, 1.165) is 6.42 Å². The van der Waals surface area contributed by atoms with Crippen molar-refractivity contribution in [3.63, 3.8) is 0 Å². The molecule has 0 aromatic heterocycles. The normalized spacial score (nSPS) is 11.8. The molecular formula is C6H15O2+. The molecule has 0 saturated carbocycles. The molecule has 0 aliphatic heterocycles. The molecule has 0 rings (SSSR count). The van der Waals surface area contributed by atoms with E-state index in [0.29, 0.717) is 0 Å². The Morgan fingerprint density at radius 2 is 2.12 bits per heavy atom. The molecule has 0 aliphatic carbocycles.